The lowest BCUT2D eigenvalue weighted by Gasteiger charge is -2.13. The van der Waals surface area contributed by atoms with Gasteiger partial charge < -0.3 is 10.4 Å². The summed E-state index contributed by atoms with van der Waals surface area (Å²) in [5, 5.41) is 11.6. The summed E-state index contributed by atoms with van der Waals surface area (Å²) in [4.78, 5) is 24.0. The van der Waals surface area contributed by atoms with Crippen LogP contribution in [0.1, 0.15) is 23.2 Å². The molecule has 0 heterocycles. The van der Waals surface area contributed by atoms with Crippen molar-refractivity contribution in [3.63, 3.8) is 0 Å². The van der Waals surface area contributed by atoms with Crippen LogP contribution in [-0.4, -0.2) is 29.3 Å². The van der Waals surface area contributed by atoms with Gasteiger partial charge in [-0.2, -0.15) is 0 Å². The van der Waals surface area contributed by atoms with Crippen LogP contribution in [0.5, 0.6) is 0 Å². The third-order valence-electron chi connectivity index (χ3n) is 3.00. The number of thioether (sulfide) groups is 1. The number of aliphatic carboxylic acids is 1. The molecule has 96 valence electrons. The minimum atomic E-state index is -0.952. The molecule has 0 spiro atoms. The molecule has 2 rings (SSSR count). The predicted molar refractivity (Wildman–Crippen MR) is 69.8 cm³/mol. The fourth-order valence-electron chi connectivity index (χ4n) is 1.78. The van der Waals surface area contributed by atoms with Crippen LogP contribution in [0.4, 0.5) is 0 Å². The quantitative estimate of drug-likeness (QED) is 0.799. The van der Waals surface area contributed by atoms with Gasteiger partial charge in [0, 0.05) is 10.5 Å². The molecule has 0 aromatic heterocycles. The molecule has 1 atom stereocenters. The summed E-state index contributed by atoms with van der Waals surface area (Å²) >= 11 is 1.60. The molecule has 1 fully saturated rings. The number of hydrogen-bond acceptors (Lipinski definition) is 3. The van der Waals surface area contributed by atoms with Crippen LogP contribution in [0.15, 0.2) is 29.2 Å². The van der Waals surface area contributed by atoms with Crippen molar-refractivity contribution in [2.45, 2.75) is 23.8 Å². The Morgan fingerprint density at radius 2 is 1.94 bits per heavy atom. The van der Waals surface area contributed by atoms with Crippen LogP contribution in [-0.2, 0) is 4.79 Å². The molecule has 1 amide bonds. The van der Waals surface area contributed by atoms with E-state index < -0.39 is 12.0 Å². The topological polar surface area (TPSA) is 66.4 Å². The van der Waals surface area contributed by atoms with Crippen LogP contribution in [0, 0.1) is 5.92 Å². The molecular formula is C13H15NO3S. The second kappa shape index (κ2) is 5.44. The largest absolute Gasteiger partial charge is 0.480 e. The molecule has 2 N–H and O–H groups in total. The third kappa shape index (κ3) is 3.04. The first-order valence-electron chi connectivity index (χ1n) is 5.79. The highest BCUT2D eigenvalue weighted by atomic mass is 32.2. The zero-order chi connectivity index (χ0) is 13.1. The number of carbonyl (C=O) groups is 2. The number of benzene rings is 1. The summed E-state index contributed by atoms with van der Waals surface area (Å²) in [5.74, 6) is -1.18. The van der Waals surface area contributed by atoms with Gasteiger partial charge in [-0.1, -0.05) is 0 Å². The van der Waals surface area contributed by atoms with Gasteiger partial charge in [-0.05, 0) is 49.3 Å². The van der Waals surface area contributed by atoms with E-state index in [4.69, 9.17) is 5.11 Å². The van der Waals surface area contributed by atoms with E-state index in [1.165, 1.54) is 0 Å². The summed E-state index contributed by atoms with van der Waals surface area (Å²) in [5.41, 5.74) is 0.500. The smallest absolute Gasteiger partial charge is 0.326 e. The highest BCUT2D eigenvalue weighted by Gasteiger charge is 2.37. The van der Waals surface area contributed by atoms with Crippen molar-refractivity contribution in [2.75, 3.05) is 6.26 Å². The number of carbonyl (C=O) groups excluding carboxylic acids is 1. The lowest BCUT2D eigenvalue weighted by Crippen LogP contribution is -2.42. The van der Waals surface area contributed by atoms with Crippen LogP contribution >= 0.6 is 11.8 Å². The Hall–Kier alpha value is -1.49. The van der Waals surface area contributed by atoms with Crippen molar-refractivity contribution in [3.05, 3.63) is 29.8 Å². The van der Waals surface area contributed by atoms with Gasteiger partial charge in [0.15, 0.2) is 0 Å². The second-order valence-corrected chi connectivity index (χ2v) is 5.23. The first-order valence-corrected chi connectivity index (χ1v) is 7.02. The van der Waals surface area contributed by atoms with Crippen molar-refractivity contribution in [3.8, 4) is 0 Å². The van der Waals surface area contributed by atoms with Gasteiger partial charge in [-0.3, -0.25) is 4.79 Å². The predicted octanol–water partition coefficient (Wildman–Crippen LogP) is 2.00. The van der Waals surface area contributed by atoms with Crippen LogP contribution < -0.4 is 5.32 Å². The highest BCUT2D eigenvalue weighted by Crippen LogP contribution is 2.32. The van der Waals surface area contributed by atoms with E-state index in [0.29, 0.717) is 5.56 Å². The van der Waals surface area contributed by atoms with Crippen molar-refractivity contribution in [2.24, 2.45) is 5.92 Å². The van der Waals surface area contributed by atoms with Gasteiger partial charge in [0.2, 0.25) is 0 Å². The normalized spacial score (nSPS) is 16.1. The van der Waals surface area contributed by atoms with Gasteiger partial charge in [0.25, 0.3) is 5.91 Å². The molecule has 18 heavy (non-hydrogen) atoms. The molecule has 1 saturated carbocycles. The number of carboxylic acids is 1. The minimum Gasteiger partial charge on any atom is -0.480 e. The Kier molecular flexibility index (Phi) is 3.91. The highest BCUT2D eigenvalue weighted by molar-refractivity contribution is 7.98. The van der Waals surface area contributed by atoms with E-state index in [2.05, 4.69) is 5.32 Å². The molecule has 5 heteroatoms. The zero-order valence-corrected chi connectivity index (χ0v) is 10.9. The maximum atomic E-state index is 11.9. The van der Waals surface area contributed by atoms with E-state index in [0.717, 1.165) is 17.7 Å². The van der Waals surface area contributed by atoms with Crippen molar-refractivity contribution in [1.82, 2.24) is 5.32 Å². The van der Waals surface area contributed by atoms with Crippen molar-refractivity contribution < 1.29 is 14.7 Å². The molecule has 0 radical (unpaired) electrons. The minimum absolute atomic E-state index is 0.0944. The first kappa shape index (κ1) is 13.0. The van der Waals surface area contributed by atoms with E-state index in [9.17, 15) is 9.59 Å². The number of amides is 1. The van der Waals surface area contributed by atoms with Crippen molar-refractivity contribution in [1.29, 1.82) is 0 Å². The molecule has 0 aliphatic heterocycles. The monoisotopic (exact) mass is 265 g/mol. The van der Waals surface area contributed by atoms with E-state index in [-0.39, 0.29) is 11.8 Å². The zero-order valence-electron chi connectivity index (χ0n) is 10.1. The average molecular weight is 265 g/mol. The molecular weight excluding hydrogens is 250 g/mol. The Balaban J connectivity index is 2.03. The summed E-state index contributed by atoms with van der Waals surface area (Å²) in [6.45, 7) is 0. The average Bonchev–Trinajstić information content (AvgIpc) is 3.19. The lowest BCUT2D eigenvalue weighted by molar-refractivity contribution is -0.139. The molecule has 1 unspecified atom stereocenters. The van der Waals surface area contributed by atoms with E-state index >= 15 is 0 Å². The molecule has 0 saturated heterocycles. The molecule has 1 aliphatic carbocycles. The third-order valence-corrected chi connectivity index (χ3v) is 3.74. The van der Waals surface area contributed by atoms with Gasteiger partial charge in [0.1, 0.15) is 6.04 Å². The summed E-state index contributed by atoms with van der Waals surface area (Å²) in [6.07, 6.45) is 3.72. The first-order chi connectivity index (χ1) is 8.61. The van der Waals surface area contributed by atoms with E-state index in [1.54, 1.807) is 23.9 Å². The van der Waals surface area contributed by atoms with Gasteiger partial charge in [0.05, 0.1) is 0 Å². The molecule has 1 aliphatic rings. The number of nitrogens with one attached hydrogen (secondary N) is 1. The van der Waals surface area contributed by atoms with Crippen molar-refractivity contribution >= 4 is 23.6 Å². The summed E-state index contributed by atoms with van der Waals surface area (Å²) in [7, 11) is 0. The Labute approximate surface area is 110 Å². The standard InChI is InChI=1S/C13H15NO3S/c1-18-10-6-4-9(5-7-10)12(15)14-11(13(16)17)8-2-3-8/h4-8,11H,2-3H2,1H3,(H,14,15)(H,16,17). The Morgan fingerprint density at radius 3 is 2.39 bits per heavy atom. The molecule has 1 aromatic carbocycles. The van der Waals surface area contributed by atoms with Gasteiger partial charge >= 0.3 is 5.97 Å². The molecule has 1 aromatic rings. The maximum absolute atomic E-state index is 11.9. The molecule has 0 bridgehead atoms. The fourth-order valence-corrected chi connectivity index (χ4v) is 2.19. The second-order valence-electron chi connectivity index (χ2n) is 4.36. The number of rotatable bonds is 5. The van der Waals surface area contributed by atoms with Crippen LogP contribution in [0.25, 0.3) is 0 Å². The van der Waals surface area contributed by atoms with E-state index in [1.807, 2.05) is 18.4 Å². The summed E-state index contributed by atoms with van der Waals surface area (Å²) in [6, 6.07) is 6.39. The maximum Gasteiger partial charge on any atom is 0.326 e. The fraction of sp³-hybridized carbons (Fsp3) is 0.385. The Bertz CT molecular complexity index is 454. The number of carboxylic acid groups (broad SMARTS) is 1. The Morgan fingerprint density at radius 1 is 1.33 bits per heavy atom. The molecule has 4 nitrogen and oxygen atoms in total. The van der Waals surface area contributed by atoms with Crippen LogP contribution in [0.2, 0.25) is 0 Å². The number of hydrogen-bond donors (Lipinski definition) is 2. The summed E-state index contributed by atoms with van der Waals surface area (Å²) < 4.78 is 0. The van der Waals surface area contributed by atoms with Gasteiger partial charge in [-0.15, -0.1) is 11.8 Å². The lowest BCUT2D eigenvalue weighted by atomic mass is 10.1. The van der Waals surface area contributed by atoms with Gasteiger partial charge in [-0.25, -0.2) is 4.79 Å². The SMILES string of the molecule is CSc1ccc(C(=O)NC(C(=O)O)C2CC2)cc1. The van der Waals surface area contributed by atoms with Crippen LogP contribution in [0.3, 0.4) is 0 Å².